The van der Waals surface area contributed by atoms with Crippen molar-refractivity contribution in [2.45, 2.75) is 26.7 Å². The molecule has 1 fully saturated rings. The van der Waals surface area contributed by atoms with Crippen LogP contribution in [0.15, 0.2) is 42.7 Å². The minimum Gasteiger partial charge on any atom is -0.439 e. The standard InChI is InChI=1S/C21H23N5O3/c1-14-11-15(2)26(25-14)19-12-20(23-13-22-19)29-18-5-3-17(4-6-18)24-21(27)16-7-9-28-10-8-16/h3-6,11-13,16H,7-10H2,1-2H3,(H,24,27). The molecule has 0 spiro atoms. The lowest BCUT2D eigenvalue weighted by atomic mass is 9.99. The van der Waals surface area contributed by atoms with E-state index in [1.165, 1.54) is 6.33 Å². The number of anilines is 1. The molecule has 8 heteroatoms. The van der Waals surface area contributed by atoms with Crippen molar-refractivity contribution in [1.29, 1.82) is 0 Å². The van der Waals surface area contributed by atoms with Gasteiger partial charge in [0.05, 0.1) is 5.69 Å². The smallest absolute Gasteiger partial charge is 0.227 e. The fourth-order valence-corrected chi connectivity index (χ4v) is 3.29. The van der Waals surface area contributed by atoms with E-state index in [4.69, 9.17) is 9.47 Å². The van der Waals surface area contributed by atoms with Gasteiger partial charge in [-0.25, -0.2) is 14.6 Å². The summed E-state index contributed by atoms with van der Waals surface area (Å²) in [6, 6.07) is 10.9. The lowest BCUT2D eigenvalue weighted by molar-refractivity contribution is -0.122. The van der Waals surface area contributed by atoms with E-state index in [9.17, 15) is 4.79 Å². The Bertz CT molecular complexity index is 994. The van der Waals surface area contributed by atoms with Crippen molar-refractivity contribution in [3.63, 3.8) is 0 Å². The Morgan fingerprint density at radius 1 is 1.14 bits per heavy atom. The summed E-state index contributed by atoms with van der Waals surface area (Å²) in [5.41, 5.74) is 2.64. The first-order chi connectivity index (χ1) is 14.1. The van der Waals surface area contributed by atoms with Crippen LogP contribution in [0, 0.1) is 19.8 Å². The second-order valence-electron chi connectivity index (χ2n) is 7.06. The molecule has 2 aromatic heterocycles. The summed E-state index contributed by atoms with van der Waals surface area (Å²) in [5, 5.41) is 7.38. The van der Waals surface area contributed by atoms with Crippen LogP contribution in [0.5, 0.6) is 11.6 Å². The Morgan fingerprint density at radius 3 is 2.59 bits per heavy atom. The summed E-state index contributed by atoms with van der Waals surface area (Å²) >= 11 is 0. The number of ether oxygens (including phenoxy) is 2. The number of hydrogen-bond donors (Lipinski definition) is 1. The predicted molar refractivity (Wildman–Crippen MR) is 107 cm³/mol. The summed E-state index contributed by atoms with van der Waals surface area (Å²) in [5.74, 6) is 1.72. The molecule has 1 aliphatic heterocycles. The van der Waals surface area contributed by atoms with E-state index in [1.807, 2.05) is 32.0 Å². The normalized spacial score (nSPS) is 14.6. The molecule has 150 valence electrons. The minimum atomic E-state index is 0.00788. The molecule has 1 saturated heterocycles. The number of rotatable bonds is 5. The molecule has 29 heavy (non-hydrogen) atoms. The van der Waals surface area contributed by atoms with Crippen LogP contribution in [0.25, 0.3) is 5.82 Å². The number of nitrogens with one attached hydrogen (secondary N) is 1. The van der Waals surface area contributed by atoms with Crippen LogP contribution < -0.4 is 10.1 Å². The Hall–Kier alpha value is -3.26. The van der Waals surface area contributed by atoms with Crippen LogP contribution in [0.4, 0.5) is 5.69 Å². The number of aryl methyl sites for hydroxylation is 2. The topological polar surface area (TPSA) is 91.2 Å². The van der Waals surface area contributed by atoms with Crippen molar-refractivity contribution in [3.8, 4) is 17.4 Å². The Labute approximate surface area is 168 Å². The zero-order valence-corrected chi connectivity index (χ0v) is 16.5. The fraction of sp³-hybridized carbons (Fsp3) is 0.333. The summed E-state index contributed by atoms with van der Waals surface area (Å²) in [7, 11) is 0. The molecule has 8 nitrogen and oxygen atoms in total. The quantitative estimate of drug-likeness (QED) is 0.714. The maximum atomic E-state index is 12.3. The molecule has 0 saturated carbocycles. The van der Waals surface area contributed by atoms with Crippen LogP contribution in [-0.2, 0) is 9.53 Å². The van der Waals surface area contributed by atoms with Crippen LogP contribution in [0.3, 0.4) is 0 Å². The van der Waals surface area contributed by atoms with E-state index in [0.29, 0.717) is 30.7 Å². The second-order valence-corrected chi connectivity index (χ2v) is 7.06. The highest BCUT2D eigenvalue weighted by Gasteiger charge is 2.21. The van der Waals surface area contributed by atoms with E-state index in [-0.39, 0.29) is 11.8 Å². The van der Waals surface area contributed by atoms with Crippen molar-refractivity contribution >= 4 is 11.6 Å². The van der Waals surface area contributed by atoms with Gasteiger partial charge in [0.1, 0.15) is 12.1 Å². The molecule has 0 aliphatic carbocycles. The second kappa shape index (κ2) is 8.40. The number of benzene rings is 1. The van der Waals surface area contributed by atoms with Crippen LogP contribution >= 0.6 is 0 Å². The molecular formula is C21H23N5O3. The molecular weight excluding hydrogens is 370 g/mol. The first kappa shape index (κ1) is 19.1. The van der Waals surface area contributed by atoms with E-state index >= 15 is 0 Å². The van der Waals surface area contributed by atoms with Gasteiger partial charge in [0.25, 0.3) is 0 Å². The van der Waals surface area contributed by atoms with Gasteiger partial charge in [-0.2, -0.15) is 5.10 Å². The van der Waals surface area contributed by atoms with E-state index < -0.39 is 0 Å². The highest BCUT2D eigenvalue weighted by molar-refractivity contribution is 5.92. The van der Waals surface area contributed by atoms with Crippen molar-refractivity contribution in [1.82, 2.24) is 19.7 Å². The van der Waals surface area contributed by atoms with Gasteiger partial charge >= 0.3 is 0 Å². The molecule has 1 N–H and O–H groups in total. The molecule has 4 rings (SSSR count). The van der Waals surface area contributed by atoms with Gasteiger partial charge in [0, 0.05) is 36.6 Å². The third-order valence-corrected chi connectivity index (χ3v) is 4.79. The van der Waals surface area contributed by atoms with E-state index in [1.54, 1.807) is 22.9 Å². The highest BCUT2D eigenvalue weighted by Crippen LogP contribution is 2.24. The Balaban J connectivity index is 1.42. The van der Waals surface area contributed by atoms with Gasteiger partial charge in [-0.1, -0.05) is 0 Å². The van der Waals surface area contributed by atoms with Gasteiger partial charge < -0.3 is 14.8 Å². The molecule has 0 bridgehead atoms. The van der Waals surface area contributed by atoms with Crippen LogP contribution in [-0.4, -0.2) is 38.9 Å². The van der Waals surface area contributed by atoms with E-state index in [2.05, 4.69) is 20.4 Å². The number of carbonyl (C=O) groups excluding carboxylic acids is 1. The van der Waals surface area contributed by atoms with Crippen molar-refractivity contribution in [2.24, 2.45) is 5.92 Å². The first-order valence-corrected chi connectivity index (χ1v) is 9.61. The zero-order valence-electron chi connectivity index (χ0n) is 16.5. The van der Waals surface area contributed by atoms with E-state index in [0.717, 1.165) is 29.9 Å². The number of hydrogen-bond acceptors (Lipinski definition) is 6. The first-order valence-electron chi connectivity index (χ1n) is 9.61. The van der Waals surface area contributed by atoms with Gasteiger partial charge in [0.15, 0.2) is 5.82 Å². The Kier molecular flexibility index (Phi) is 5.53. The van der Waals surface area contributed by atoms with Gasteiger partial charge in [-0.05, 0) is 57.0 Å². The molecule has 0 atom stereocenters. The maximum Gasteiger partial charge on any atom is 0.227 e. The number of amides is 1. The average molecular weight is 393 g/mol. The SMILES string of the molecule is Cc1cc(C)n(-c2cc(Oc3ccc(NC(=O)C4CCOCC4)cc3)ncn2)n1. The monoisotopic (exact) mass is 393 g/mol. The molecule has 1 aromatic carbocycles. The van der Waals surface area contributed by atoms with Gasteiger partial charge in [0.2, 0.25) is 11.8 Å². The average Bonchev–Trinajstić information content (AvgIpc) is 3.08. The van der Waals surface area contributed by atoms with Crippen molar-refractivity contribution < 1.29 is 14.3 Å². The molecule has 0 unspecified atom stereocenters. The number of carbonyl (C=O) groups is 1. The zero-order chi connectivity index (χ0) is 20.2. The maximum absolute atomic E-state index is 12.3. The molecule has 3 aromatic rings. The molecule has 0 radical (unpaired) electrons. The van der Waals surface area contributed by atoms with Gasteiger partial charge in [-0.15, -0.1) is 0 Å². The third kappa shape index (κ3) is 4.60. The highest BCUT2D eigenvalue weighted by atomic mass is 16.5. The van der Waals surface area contributed by atoms with Crippen LogP contribution in [0.2, 0.25) is 0 Å². The van der Waals surface area contributed by atoms with Crippen molar-refractivity contribution in [2.75, 3.05) is 18.5 Å². The van der Waals surface area contributed by atoms with Gasteiger partial charge in [-0.3, -0.25) is 4.79 Å². The lowest BCUT2D eigenvalue weighted by Crippen LogP contribution is -2.28. The number of aromatic nitrogens is 4. The van der Waals surface area contributed by atoms with Crippen molar-refractivity contribution in [3.05, 3.63) is 54.1 Å². The summed E-state index contributed by atoms with van der Waals surface area (Å²) in [6.07, 6.45) is 2.97. The minimum absolute atomic E-state index is 0.00788. The molecule has 3 heterocycles. The summed E-state index contributed by atoms with van der Waals surface area (Å²) in [4.78, 5) is 20.8. The Morgan fingerprint density at radius 2 is 1.90 bits per heavy atom. The third-order valence-electron chi connectivity index (χ3n) is 4.79. The lowest BCUT2D eigenvalue weighted by Gasteiger charge is -2.21. The fourth-order valence-electron chi connectivity index (χ4n) is 3.29. The summed E-state index contributed by atoms with van der Waals surface area (Å²) in [6.45, 7) is 5.19. The molecule has 1 amide bonds. The van der Waals surface area contributed by atoms with Crippen LogP contribution in [0.1, 0.15) is 24.2 Å². The number of nitrogens with zero attached hydrogens (tertiary/aromatic N) is 4. The predicted octanol–water partition coefficient (Wildman–Crippen LogP) is 3.44. The molecule has 1 aliphatic rings. The summed E-state index contributed by atoms with van der Waals surface area (Å²) < 4.78 is 12.9. The largest absolute Gasteiger partial charge is 0.439 e.